The zero-order chi connectivity index (χ0) is 23.6. The van der Waals surface area contributed by atoms with Crippen LogP contribution in [-0.4, -0.2) is 49.1 Å². The highest BCUT2D eigenvalue weighted by molar-refractivity contribution is 5.95. The first-order valence-electron chi connectivity index (χ1n) is 11.0. The molecule has 0 aliphatic carbocycles. The second-order valence-electron chi connectivity index (χ2n) is 7.63. The Morgan fingerprint density at radius 1 is 1.09 bits per heavy atom. The summed E-state index contributed by atoms with van der Waals surface area (Å²) in [6.07, 6.45) is 5.16. The lowest BCUT2D eigenvalue weighted by atomic mass is 10.0. The van der Waals surface area contributed by atoms with Crippen molar-refractivity contribution in [2.75, 3.05) is 19.7 Å². The minimum Gasteiger partial charge on any atom is -0.490 e. The van der Waals surface area contributed by atoms with Gasteiger partial charge in [0, 0.05) is 25.6 Å². The van der Waals surface area contributed by atoms with Crippen molar-refractivity contribution < 1.29 is 27.8 Å². The molecule has 1 unspecified atom stereocenters. The standard InChI is InChI=1S/C25H28F2N2O4/c1-2-32-22-17-19(10-12-21(22)33-25(26)27)11-13-23(30)28-20(16-18-8-4-3-5-9-18)24(31)29-14-6-7-15-29/h3-5,8-13,17,20,25H,2,6-7,14-16H2,1H3,(H,28,30)/b13-11+. The molecule has 2 aromatic carbocycles. The molecule has 8 heteroatoms. The average molecular weight is 459 g/mol. The molecule has 1 heterocycles. The fraction of sp³-hybridized carbons (Fsp3) is 0.360. The van der Waals surface area contributed by atoms with Crippen LogP contribution in [-0.2, 0) is 16.0 Å². The Labute approximate surface area is 192 Å². The van der Waals surface area contributed by atoms with Gasteiger partial charge in [-0.3, -0.25) is 9.59 Å². The molecule has 0 saturated carbocycles. The van der Waals surface area contributed by atoms with Crippen molar-refractivity contribution in [2.24, 2.45) is 0 Å². The van der Waals surface area contributed by atoms with Crippen molar-refractivity contribution in [3.63, 3.8) is 0 Å². The van der Waals surface area contributed by atoms with Gasteiger partial charge < -0.3 is 19.7 Å². The van der Waals surface area contributed by atoms with Crippen LogP contribution in [0.4, 0.5) is 8.78 Å². The fourth-order valence-electron chi connectivity index (χ4n) is 3.69. The Hall–Kier alpha value is -3.42. The van der Waals surface area contributed by atoms with E-state index in [0.29, 0.717) is 25.1 Å². The lowest BCUT2D eigenvalue weighted by Gasteiger charge is -2.23. The molecule has 33 heavy (non-hydrogen) atoms. The number of hydrogen-bond acceptors (Lipinski definition) is 4. The molecule has 1 N–H and O–H groups in total. The van der Waals surface area contributed by atoms with Gasteiger partial charge in [0.1, 0.15) is 6.04 Å². The molecule has 1 fully saturated rings. The van der Waals surface area contributed by atoms with Gasteiger partial charge in [-0.1, -0.05) is 36.4 Å². The van der Waals surface area contributed by atoms with Gasteiger partial charge in [0.05, 0.1) is 6.61 Å². The molecule has 0 aromatic heterocycles. The fourth-order valence-corrected chi connectivity index (χ4v) is 3.69. The number of nitrogens with one attached hydrogen (secondary N) is 1. The summed E-state index contributed by atoms with van der Waals surface area (Å²) in [5.41, 5.74) is 1.52. The minimum atomic E-state index is -2.97. The number of benzene rings is 2. The Kier molecular flexibility index (Phi) is 8.80. The number of amides is 2. The number of carbonyl (C=O) groups excluding carboxylic acids is 2. The van der Waals surface area contributed by atoms with E-state index < -0.39 is 18.6 Å². The van der Waals surface area contributed by atoms with Gasteiger partial charge in [-0.25, -0.2) is 0 Å². The van der Waals surface area contributed by atoms with E-state index in [1.807, 2.05) is 30.3 Å². The number of alkyl halides is 2. The number of rotatable bonds is 10. The first-order valence-corrected chi connectivity index (χ1v) is 11.0. The van der Waals surface area contributed by atoms with Gasteiger partial charge in [-0.05, 0) is 49.1 Å². The minimum absolute atomic E-state index is 0.0763. The number of halogens is 2. The van der Waals surface area contributed by atoms with Crippen LogP contribution >= 0.6 is 0 Å². The first-order chi connectivity index (χ1) is 16.0. The maximum absolute atomic E-state index is 13.0. The SMILES string of the molecule is CCOc1cc(/C=C/C(=O)NC(Cc2ccccc2)C(=O)N2CCCC2)ccc1OC(F)F. The van der Waals surface area contributed by atoms with E-state index in [2.05, 4.69) is 10.1 Å². The largest absolute Gasteiger partial charge is 0.490 e. The van der Waals surface area contributed by atoms with Crippen LogP contribution in [0.5, 0.6) is 11.5 Å². The highest BCUT2D eigenvalue weighted by Gasteiger charge is 2.27. The third-order valence-corrected chi connectivity index (χ3v) is 5.23. The predicted octanol–water partition coefficient (Wildman–Crippen LogP) is 4.05. The lowest BCUT2D eigenvalue weighted by molar-refractivity contribution is -0.134. The Bertz CT molecular complexity index is 960. The van der Waals surface area contributed by atoms with Crippen LogP contribution in [0.15, 0.2) is 54.6 Å². The molecular formula is C25H28F2N2O4. The molecule has 0 bridgehead atoms. The molecule has 6 nitrogen and oxygen atoms in total. The maximum atomic E-state index is 13.0. The van der Waals surface area contributed by atoms with Crippen molar-refractivity contribution in [1.29, 1.82) is 0 Å². The first kappa shape index (κ1) is 24.2. The van der Waals surface area contributed by atoms with Crippen molar-refractivity contribution in [3.8, 4) is 11.5 Å². The quantitative estimate of drug-likeness (QED) is 0.546. The molecule has 2 amide bonds. The Balaban J connectivity index is 1.71. The van der Waals surface area contributed by atoms with Crippen molar-refractivity contribution in [3.05, 3.63) is 65.7 Å². The second-order valence-corrected chi connectivity index (χ2v) is 7.63. The Morgan fingerprint density at radius 2 is 1.82 bits per heavy atom. The van der Waals surface area contributed by atoms with Gasteiger partial charge in [-0.15, -0.1) is 0 Å². The maximum Gasteiger partial charge on any atom is 0.387 e. The summed E-state index contributed by atoms with van der Waals surface area (Å²) in [5.74, 6) is -0.432. The molecular weight excluding hydrogens is 430 g/mol. The molecule has 2 aromatic rings. The van der Waals surface area contributed by atoms with E-state index in [4.69, 9.17) is 4.74 Å². The van der Waals surface area contributed by atoms with Crippen LogP contribution in [0.2, 0.25) is 0 Å². The summed E-state index contributed by atoms with van der Waals surface area (Å²) < 4.78 is 35.0. The van der Waals surface area contributed by atoms with Crippen LogP contribution < -0.4 is 14.8 Å². The summed E-state index contributed by atoms with van der Waals surface area (Å²) in [4.78, 5) is 27.4. The van der Waals surface area contributed by atoms with Gasteiger partial charge >= 0.3 is 6.61 Å². The molecule has 1 aliphatic heterocycles. The third kappa shape index (κ3) is 7.30. The molecule has 1 saturated heterocycles. The molecule has 176 valence electrons. The number of ether oxygens (including phenoxy) is 2. The second kappa shape index (κ2) is 12.0. The van der Waals surface area contributed by atoms with Gasteiger partial charge in [0.15, 0.2) is 11.5 Å². The van der Waals surface area contributed by atoms with Gasteiger partial charge in [-0.2, -0.15) is 8.78 Å². The predicted molar refractivity (Wildman–Crippen MR) is 121 cm³/mol. The van der Waals surface area contributed by atoms with E-state index in [1.165, 1.54) is 24.3 Å². The normalized spacial score (nSPS) is 14.5. The van der Waals surface area contributed by atoms with Crippen LogP contribution in [0.25, 0.3) is 6.08 Å². The molecule has 0 radical (unpaired) electrons. The monoisotopic (exact) mass is 458 g/mol. The van der Waals surface area contributed by atoms with E-state index in [-0.39, 0.29) is 24.0 Å². The summed E-state index contributed by atoms with van der Waals surface area (Å²) >= 11 is 0. The number of nitrogens with zero attached hydrogens (tertiary/aromatic N) is 1. The Morgan fingerprint density at radius 3 is 2.48 bits per heavy atom. The summed E-state index contributed by atoms with van der Waals surface area (Å²) in [5, 5.41) is 2.82. The zero-order valence-corrected chi connectivity index (χ0v) is 18.5. The molecule has 1 atom stereocenters. The zero-order valence-electron chi connectivity index (χ0n) is 18.5. The number of carbonyl (C=O) groups is 2. The van der Waals surface area contributed by atoms with Gasteiger partial charge in [0.25, 0.3) is 0 Å². The van der Waals surface area contributed by atoms with E-state index >= 15 is 0 Å². The number of hydrogen-bond donors (Lipinski definition) is 1. The summed E-state index contributed by atoms with van der Waals surface area (Å²) in [6, 6.07) is 13.3. The summed E-state index contributed by atoms with van der Waals surface area (Å²) in [6.45, 7) is 0.428. The molecule has 3 rings (SSSR count). The van der Waals surface area contributed by atoms with Crippen molar-refractivity contribution in [1.82, 2.24) is 10.2 Å². The molecule has 1 aliphatic rings. The van der Waals surface area contributed by atoms with Crippen molar-refractivity contribution in [2.45, 2.75) is 38.8 Å². The van der Waals surface area contributed by atoms with Crippen LogP contribution in [0.1, 0.15) is 30.9 Å². The third-order valence-electron chi connectivity index (χ3n) is 5.23. The van der Waals surface area contributed by atoms with E-state index in [1.54, 1.807) is 17.9 Å². The lowest BCUT2D eigenvalue weighted by Crippen LogP contribution is -2.48. The topological polar surface area (TPSA) is 67.9 Å². The highest BCUT2D eigenvalue weighted by atomic mass is 19.3. The van der Waals surface area contributed by atoms with Crippen LogP contribution in [0, 0.1) is 0 Å². The summed E-state index contributed by atoms with van der Waals surface area (Å²) in [7, 11) is 0. The van der Waals surface area contributed by atoms with Gasteiger partial charge in [0.2, 0.25) is 11.8 Å². The van der Waals surface area contributed by atoms with E-state index in [0.717, 1.165) is 18.4 Å². The molecule has 0 spiro atoms. The highest BCUT2D eigenvalue weighted by Crippen LogP contribution is 2.30. The van der Waals surface area contributed by atoms with E-state index in [9.17, 15) is 18.4 Å². The smallest absolute Gasteiger partial charge is 0.387 e. The number of likely N-dealkylation sites (tertiary alicyclic amines) is 1. The van der Waals surface area contributed by atoms with Crippen molar-refractivity contribution >= 4 is 17.9 Å². The van der Waals surface area contributed by atoms with Crippen LogP contribution in [0.3, 0.4) is 0 Å². The average Bonchev–Trinajstić information content (AvgIpc) is 3.34.